The van der Waals surface area contributed by atoms with Gasteiger partial charge in [-0.3, -0.25) is 0 Å². The first-order valence-electron chi connectivity index (χ1n) is 6.42. The molecule has 4 heteroatoms. The number of nitrogens with zero attached hydrogens (tertiary/aromatic N) is 1. The summed E-state index contributed by atoms with van der Waals surface area (Å²) in [5.41, 5.74) is 0. The lowest BCUT2D eigenvalue weighted by molar-refractivity contribution is 0.0120. The quantitative estimate of drug-likeness (QED) is 0.667. The summed E-state index contributed by atoms with van der Waals surface area (Å²) in [5, 5.41) is 12.2. The minimum atomic E-state index is 0.265. The van der Waals surface area contributed by atoms with Gasteiger partial charge in [0.2, 0.25) is 0 Å². The highest BCUT2D eigenvalue weighted by Gasteiger charge is 2.20. The van der Waals surface area contributed by atoms with Gasteiger partial charge in [-0.1, -0.05) is 0 Å². The molecular formula is C12H26N2O2. The lowest BCUT2D eigenvalue weighted by atomic mass is 10.1. The molecule has 0 aromatic carbocycles. The maximum atomic E-state index is 8.93. The predicted octanol–water partition coefficient (Wildman–Crippen LogP) is 0.458. The van der Waals surface area contributed by atoms with Gasteiger partial charge in [0.05, 0.1) is 6.10 Å². The van der Waals surface area contributed by atoms with Crippen molar-refractivity contribution in [3.05, 3.63) is 0 Å². The van der Waals surface area contributed by atoms with Crippen LogP contribution in [0.3, 0.4) is 0 Å². The van der Waals surface area contributed by atoms with Gasteiger partial charge in [-0.2, -0.15) is 0 Å². The summed E-state index contributed by atoms with van der Waals surface area (Å²) in [6.07, 6.45) is 3.58. The monoisotopic (exact) mass is 230 g/mol. The van der Waals surface area contributed by atoms with Crippen molar-refractivity contribution in [2.45, 2.75) is 38.3 Å². The second-order valence-corrected chi connectivity index (χ2v) is 4.45. The van der Waals surface area contributed by atoms with E-state index < -0.39 is 0 Å². The van der Waals surface area contributed by atoms with Gasteiger partial charge in [0.15, 0.2) is 0 Å². The summed E-state index contributed by atoms with van der Waals surface area (Å²) < 4.78 is 5.63. The normalized spacial score (nSPS) is 21.2. The van der Waals surface area contributed by atoms with E-state index in [2.05, 4.69) is 17.1 Å². The van der Waals surface area contributed by atoms with Crippen LogP contribution in [-0.2, 0) is 4.74 Å². The minimum Gasteiger partial charge on any atom is -0.396 e. The Morgan fingerprint density at radius 1 is 1.44 bits per heavy atom. The number of aliphatic hydroxyl groups excluding tert-OH is 1. The molecular weight excluding hydrogens is 204 g/mol. The number of ether oxygens (including phenoxy) is 1. The van der Waals surface area contributed by atoms with Gasteiger partial charge in [-0.25, -0.2) is 0 Å². The van der Waals surface area contributed by atoms with Gasteiger partial charge in [0.25, 0.3) is 0 Å². The Balaban J connectivity index is 2.20. The molecule has 0 bridgehead atoms. The third-order valence-corrected chi connectivity index (χ3v) is 3.30. The number of hydrogen-bond donors (Lipinski definition) is 2. The van der Waals surface area contributed by atoms with Gasteiger partial charge in [0.1, 0.15) is 0 Å². The average molecular weight is 230 g/mol. The van der Waals surface area contributed by atoms with Crippen molar-refractivity contribution >= 4 is 0 Å². The zero-order chi connectivity index (χ0) is 11.8. The fourth-order valence-corrected chi connectivity index (χ4v) is 2.29. The molecule has 1 aliphatic heterocycles. The van der Waals surface area contributed by atoms with Crippen molar-refractivity contribution in [2.75, 3.05) is 39.9 Å². The first kappa shape index (κ1) is 13.9. The number of nitrogens with one attached hydrogen (secondary N) is 1. The summed E-state index contributed by atoms with van der Waals surface area (Å²) in [6.45, 7) is 6.43. The molecule has 0 spiro atoms. The Morgan fingerprint density at radius 2 is 2.12 bits per heavy atom. The Bertz CT molecular complexity index is 170. The first-order chi connectivity index (χ1) is 7.80. The maximum absolute atomic E-state index is 8.93. The van der Waals surface area contributed by atoms with E-state index in [0.29, 0.717) is 12.1 Å². The fraction of sp³-hybridized carbons (Fsp3) is 1.00. The minimum absolute atomic E-state index is 0.265. The van der Waals surface area contributed by atoms with Crippen LogP contribution >= 0.6 is 0 Å². The number of aliphatic hydroxyl groups is 1. The largest absolute Gasteiger partial charge is 0.396 e. The SMILES string of the molecule is CCOC1CCN(CC(CCO)NC)CC1. The van der Waals surface area contributed by atoms with Gasteiger partial charge in [-0.15, -0.1) is 0 Å². The van der Waals surface area contributed by atoms with Gasteiger partial charge in [-0.05, 0) is 33.2 Å². The molecule has 1 unspecified atom stereocenters. The molecule has 1 heterocycles. The van der Waals surface area contributed by atoms with Crippen LogP contribution in [-0.4, -0.2) is 62.0 Å². The Labute approximate surface area is 99.0 Å². The molecule has 4 nitrogen and oxygen atoms in total. The van der Waals surface area contributed by atoms with Crippen molar-refractivity contribution in [3.8, 4) is 0 Å². The zero-order valence-corrected chi connectivity index (χ0v) is 10.6. The molecule has 1 fully saturated rings. The summed E-state index contributed by atoms with van der Waals surface area (Å²) in [7, 11) is 1.97. The number of hydrogen-bond acceptors (Lipinski definition) is 4. The van der Waals surface area contributed by atoms with Crippen LogP contribution in [0.4, 0.5) is 0 Å². The molecule has 16 heavy (non-hydrogen) atoms. The van der Waals surface area contributed by atoms with Crippen LogP contribution in [0, 0.1) is 0 Å². The molecule has 1 rings (SSSR count). The molecule has 0 saturated carbocycles. The standard InChI is InChI=1S/C12H26N2O2/c1-3-16-12-4-7-14(8-5-12)10-11(13-2)6-9-15/h11-13,15H,3-10H2,1-2H3. The Morgan fingerprint density at radius 3 is 2.62 bits per heavy atom. The number of piperidine rings is 1. The van der Waals surface area contributed by atoms with Gasteiger partial charge in [0, 0.05) is 38.9 Å². The third kappa shape index (κ3) is 4.78. The van der Waals surface area contributed by atoms with Crippen molar-refractivity contribution in [3.63, 3.8) is 0 Å². The Kier molecular flexibility index (Phi) is 6.96. The molecule has 0 radical (unpaired) electrons. The predicted molar refractivity (Wildman–Crippen MR) is 65.6 cm³/mol. The Hall–Kier alpha value is -0.160. The second-order valence-electron chi connectivity index (χ2n) is 4.45. The second kappa shape index (κ2) is 8.01. The molecule has 0 aromatic heterocycles. The lowest BCUT2D eigenvalue weighted by Gasteiger charge is -2.33. The first-order valence-corrected chi connectivity index (χ1v) is 6.42. The summed E-state index contributed by atoms with van der Waals surface area (Å²) in [6, 6.07) is 0.411. The average Bonchev–Trinajstić information content (AvgIpc) is 2.31. The summed E-state index contributed by atoms with van der Waals surface area (Å²) in [5.74, 6) is 0. The van der Waals surface area contributed by atoms with E-state index in [-0.39, 0.29) is 6.61 Å². The molecule has 0 aromatic rings. The molecule has 96 valence electrons. The molecule has 1 atom stereocenters. The van der Waals surface area contributed by atoms with Crippen LogP contribution in [0.15, 0.2) is 0 Å². The summed E-state index contributed by atoms with van der Waals surface area (Å²) in [4.78, 5) is 2.46. The van der Waals surface area contributed by atoms with Gasteiger partial charge < -0.3 is 20.1 Å². The lowest BCUT2D eigenvalue weighted by Crippen LogP contribution is -2.44. The fourth-order valence-electron chi connectivity index (χ4n) is 2.29. The van der Waals surface area contributed by atoms with E-state index in [9.17, 15) is 0 Å². The van der Waals surface area contributed by atoms with E-state index in [0.717, 1.165) is 45.5 Å². The van der Waals surface area contributed by atoms with Crippen molar-refractivity contribution in [1.82, 2.24) is 10.2 Å². The number of likely N-dealkylation sites (tertiary alicyclic amines) is 1. The molecule has 1 saturated heterocycles. The smallest absolute Gasteiger partial charge is 0.0599 e. The van der Waals surface area contributed by atoms with Crippen LogP contribution < -0.4 is 5.32 Å². The number of rotatable bonds is 7. The summed E-state index contributed by atoms with van der Waals surface area (Å²) >= 11 is 0. The van der Waals surface area contributed by atoms with Gasteiger partial charge >= 0.3 is 0 Å². The third-order valence-electron chi connectivity index (χ3n) is 3.30. The molecule has 0 amide bonds. The molecule has 1 aliphatic rings. The maximum Gasteiger partial charge on any atom is 0.0599 e. The molecule has 2 N–H and O–H groups in total. The highest BCUT2D eigenvalue weighted by molar-refractivity contribution is 4.77. The van der Waals surface area contributed by atoms with Crippen LogP contribution in [0.2, 0.25) is 0 Å². The van der Waals surface area contributed by atoms with E-state index in [4.69, 9.17) is 9.84 Å². The van der Waals surface area contributed by atoms with E-state index in [1.807, 2.05) is 7.05 Å². The van der Waals surface area contributed by atoms with Crippen LogP contribution in [0.25, 0.3) is 0 Å². The highest BCUT2D eigenvalue weighted by Crippen LogP contribution is 2.14. The molecule has 0 aliphatic carbocycles. The van der Waals surface area contributed by atoms with Crippen molar-refractivity contribution < 1.29 is 9.84 Å². The van der Waals surface area contributed by atoms with Crippen LogP contribution in [0.5, 0.6) is 0 Å². The van der Waals surface area contributed by atoms with Crippen molar-refractivity contribution in [1.29, 1.82) is 0 Å². The topological polar surface area (TPSA) is 44.7 Å². The number of likely N-dealkylation sites (N-methyl/N-ethyl adjacent to an activating group) is 1. The zero-order valence-electron chi connectivity index (χ0n) is 10.6. The van der Waals surface area contributed by atoms with E-state index in [1.165, 1.54) is 0 Å². The van der Waals surface area contributed by atoms with E-state index >= 15 is 0 Å². The van der Waals surface area contributed by atoms with Crippen molar-refractivity contribution in [2.24, 2.45) is 0 Å². The highest BCUT2D eigenvalue weighted by atomic mass is 16.5. The van der Waals surface area contributed by atoms with E-state index in [1.54, 1.807) is 0 Å². The van der Waals surface area contributed by atoms with Crippen LogP contribution in [0.1, 0.15) is 26.2 Å².